The summed E-state index contributed by atoms with van der Waals surface area (Å²) < 4.78 is 5.19. The van der Waals surface area contributed by atoms with Gasteiger partial charge in [0.1, 0.15) is 0 Å². The number of hydrogen-bond donors (Lipinski definition) is 1. The van der Waals surface area contributed by atoms with Crippen LogP contribution in [0.3, 0.4) is 0 Å². The second-order valence-electron chi connectivity index (χ2n) is 3.98. The van der Waals surface area contributed by atoms with E-state index in [2.05, 4.69) is 6.07 Å². The summed E-state index contributed by atoms with van der Waals surface area (Å²) >= 11 is 0. The maximum atomic E-state index is 10.9. The van der Waals surface area contributed by atoms with E-state index in [1.807, 2.05) is 26.0 Å². The SMILES string of the molecule is CCO[C@H](Cc1cc(C)cc(C)c1)C(=O)O. The molecule has 0 radical (unpaired) electrons. The molecule has 0 fully saturated rings. The molecular weight excluding hydrogens is 204 g/mol. The molecule has 0 saturated heterocycles. The fourth-order valence-electron chi connectivity index (χ4n) is 1.82. The third-order valence-corrected chi connectivity index (χ3v) is 2.35. The number of aliphatic carboxylic acids is 1. The maximum absolute atomic E-state index is 10.9. The van der Waals surface area contributed by atoms with Crippen LogP contribution in [-0.2, 0) is 16.0 Å². The van der Waals surface area contributed by atoms with Gasteiger partial charge in [0.15, 0.2) is 6.10 Å². The van der Waals surface area contributed by atoms with Crippen LogP contribution in [0, 0.1) is 13.8 Å². The van der Waals surface area contributed by atoms with Crippen molar-refractivity contribution in [3.05, 3.63) is 34.9 Å². The standard InChI is InChI=1S/C13H18O3/c1-4-16-12(13(14)15)8-11-6-9(2)5-10(3)7-11/h5-7,12H,4,8H2,1-3H3,(H,14,15)/t12-/m1/s1. The Kier molecular flexibility index (Phi) is 4.50. The summed E-state index contributed by atoms with van der Waals surface area (Å²) in [5.41, 5.74) is 3.31. The zero-order chi connectivity index (χ0) is 12.1. The number of rotatable bonds is 5. The average Bonchev–Trinajstić information content (AvgIpc) is 2.15. The Morgan fingerprint density at radius 3 is 2.31 bits per heavy atom. The van der Waals surface area contributed by atoms with Crippen LogP contribution in [-0.4, -0.2) is 23.8 Å². The van der Waals surface area contributed by atoms with Gasteiger partial charge in [0, 0.05) is 13.0 Å². The summed E-state index contributed by atoms with van der Waals surface area (Å²) in [7, 11) is 0. The molecule has 0 aliphatic heterocycles. The predicted molar refractivity (Wildman–Crippen MR) is 62.7 cm³/mol. The van der Waals surface area contributed by atoms with Gasteiger partial charge in [-0.15, -0.1) is 0 Å². The summed E-state index contributed by atoms with van der Waals surface area (Å²) in [5, 5.41) is 8.98. The average molecular weight is 222 g/mol. The molecular formula is C13H18O3. The van der Waals surface area contributed by atoms with Crippen LogP contribution in [0.15, 0.2) is 18.2 Å². The van der Waals surface area contributed by atoms with Gasteiger partial charge in [0.25, 0.3) is 0 Å². The first kappa shape index (κ1) is 12.7. The number of carboxylic acids is 1. The smallest absolute Gasteiger partial charge is 0.333 e. The summed E-state index contributed by atoms with van der Waals surface area (Å²) in [4.78, 5) is 10.9. The largest absolute Gasteiger partial charge is 0.479 e. The highest BCUT2D eigenvalue weighted by Crippen LogP contribution is 2.12. The molecule has 0 unspecified atom stereocenters. The molecule has 0 spiro atoms. The lowest BCUT2D eigenvalue weighted by molar-refractivity contribution is -0.149. The van der Waals surface area contributed by atoms with E-state index in [1.54, 1.807) is 6.92 Å². The molecule has 1 aromatic carbocycles. The molecule has 0 amide bonds. The van der Waals surface area contributed by atoms with Crippen LogP contribution in [0.1, 0.15) is 23.6 Å². The van der Waals surface area contributed by atoms with Gasteiger partial charge in [-0.05, 0) is 26.3 Å². The Morgan fingerprint density at radius 2 is 1.88 bits per heavy atom. The fraction of sp³-hybridized carbons (Fsp3) is 0.462. The van der Waals surface area contributed by atoms with Crippen molar-refractivity contribution < 1.29 is 14.6 Å². The van der Waals surface area contributed by atoms with Crippen LogP contribution in [0.4, 0.5) is 0 Å². The van der Waals surface area contributed by atoms with E-state index in [1.165, 1.54) is 0 Å². The van der Waals surface area contributed by atoms with Crippen LogP contribution in [0.2, 0.25) is 0 Å². The highest BCUT2D eigenvalue weighted by Gasteiger charge is 2.17. The van der Waals surface area contributed by atoms with Gasteiger partial charge in [0.2, 0.25) is 0 Å². The van der Waals surface area contributed by atoms with E-state index in [9.17, 15) is 4.79 Å². The molecule has 0 bridgehead atoms. The van der Waals surface area contributed by atoms with E-state index < -0.39 is 12.1 Å². The van der Waals surface area contributed by atoms with Gasteiger partial charge in [-0.25, -0.2) is 4.79 Å². The summed E-state index contributed by atoms with van der Waals surface area (Å²) in [6.45, 7) is 6.24. The number of benzene rings is 1. The molecule has 0 aliphatic rings. The fourth-order valence-corrected chi connectivity index (χ4v) is 1.82. The first-order valence-electron chi connectivity index (χ1n) is 5.44. The lowest BCUT2D eigenvalue weighted by Gasteiger charge is -2.13. The summed E-state index contributed by atoms with van der Waals surface area (Å²) in [5.74, 6) is -0.902. The molecule has 0 aliphatic carbocycles. The number of aryl methyl sites for hydroxylation is 2. The van der Waals surface area contributed by atoms with Gasteiger partial charge in [-0.2, -0.15) is 0 Å². The van der Waals surface area contributed by atoms with Crippen molar-refractivity contribution in [2.75, 3.05) is 6.61 Å². The predicted octanol–water partition coefficient (Wildman–Crippen LogP) is 2.34. The Morgan fingerprint density at radius 1 is 1.31 bits per heavy atom. The Bertz CT molecular complexity index is 351. The molecule has 88 valence electrons. The Labute approximate surface area is 96.1 Å². The minimum absolute atomic E-state index is 0.418. The van der Waals surface area contributed by atoms with E-state index in [4.69, 9.17) is 9.84 Å². The van der Waals surface area contributed by atoms with Crippen molar-refractivity contribution in [3.8, 4) is 0 Å². The molecule has 0 heterocycles. The van der Waals surface area contributed by atoms with Crippen LogP contribution in [0.5, 0.6) is 0 Å². The zero-order valence-electron chi connectivity index (χ0n) is 9.99. The Balaban J connectivity index is 2.80. The minimum atomic E-state index is -0.902. The van der Waals surface area contributed by atoms with E-state index in [0.29, 0.717) is 13.0 Å². The zero-order valence-corrected chi connectivity index (χ0v) is 9.99. The number of carboxylic acid groups (broad SMARTS) is 1. The van der Waals surface area contributed by atoms with Crippen molar-refractivity contribution in [2.24, 2.45) is 0 Å². The molecule has 0 aromatic heterocycles. The highest BCUT2D eigenvalue weighted by molar-refractivity contribution is 5.72. The van der Waals surface area contributed by atoms with Gasteiger partial charge >= 0.3 is 5.97 Å². The molecule has 0 saturated carbocycles. The van der Waals surface area contributed by atoms with Crippen LogP contribution < -0.4 is 0 Å². The minimum Gasteiger partial charge on any atom is -0.479 e. The normalized spacial score (nSPS) is 12.4. The van der Waals surface area contributed by atoms with Crippen molar-refractivity contribution in [1.82, 2.24) is 0 Å². The van der Waals surface area contributed by atoms with Crippen LogP contribution >= 0.6 is 0 Å². The quantitative estimate of drug-likeness (QED) is 0.831. The number of ether oxygens (including phenoxy) is 1. The molecule has 1 N–H and O–H groups in total. The Hall–Kier alpha value is -1.35. The van der Waals surface area contributed by atoms with Gasteiger partial charge in [-0.1, -0.05) is 29.3 Å². The van der Waals surface area contributed by atoms with Crippen molar-refractivity contribution in [1.29, 1.82) is 0 Å². The monoisotopic (exact) mass is 222 g/mol. The van der Waals surface area contributed by atoms with Crippen molar-refractivity contribution in [2.45, 2.75) is 33.3 Å². The van der Waals surface area contributed by atoms with Crippen molar-refractivity contribution in [3.63, 3.8) is 0 Å². The van der Waals surface area contributed by atoms with Crippen molar-refractivity contribution >= 4 is 5.97 Å². The molecule has 1 rings (SSSR count). The highest BCUT2D eigenvalue weighted by atomic mass is 16.5. The molecule has 3 heteroatoms. The molecule has 3 nitrogen and oxygen atoms in total. The second kappa shape index (κ2) is 5.66. The number of carbonyl (C=O) groups is 1. The molecule has 16 heavy (non-hydrogen) atoms. The van der Waals surface area contributed by atoms with E-state index in [0.717, 1.165) is 16.7 Å². The van der Waals surface area contributed by atoms with E-state index in [-0.39, 0.29) is 0 Å². The van der Waals surface area contributed by atoms with E-state index >= 15 is 0 Å². The second-order valence-corrected chi connectivity index (χ2v) is 3.98. The summed E-state index contributed by atoms with van der Waals surface area (Å²) in [6, 6.07) is 6.07. The molecule has 1 atom stereocenters. The van der Waals surface area contributed by atoms with Gasteiger partial charge < -0.3 is 9.84 Å². The summed E-state index contributed by atoms with van der Waals surface area (Å²) in [6.07, 6.45) is -0.322. The topological polar surface area (TPSA) is 46.5 Å². The van der Waals surface area contributed by atoms with Crippen LogP contribution in [0.25, 0.3) is 0 Å². The van der Waals surface area contributed by atoms with Gasteiger partial charge in [-0.3, -0.25) is 0 Å². The third-order valence-electron chi connectivity index (χ3n) is 2.35. The maximum Gasteiger partial charge on any atom is 0.333 e. The molecule has 1 aromatic rings. The first-order valence-corrected chi connectivity index (χ1v) is 5.44. The first-order chi connectivity index (χ1) is 7.52. The number of hydrogen-bond acceptors (Lipinski definition) is 2. The lowest BCUT2D eigenvalue weighted by Crippen LogP contribution is -2.26. The third kappa shape index (κ3) is 3.66. The van der Waals surface area contributed by atoms with Gasteiger partial charge in [0.05, 0.1) is 0 Å². The lowest BCUT2D eigenvalue weighted by atomic mass is 10.0.